The van der Waals surface area contributed by atoms with Crippen molar-refractivity contribution in [2.75, 3.05) is 0 Å². The number of oxime groups is 1. The van der Waals surface area contributed by atoms with E-state index in [1.165, 1.54) is 6.92 Å². The molecule has 15 heavy (non-hydrogen) atoms. The molecule has 0 heterocycles. The Kier molecular flexibility index (Phi) is 2.17. The van der Waals surface area contributed by atoms with E-state index in [4.69, 9.17) is 0 Å². The van der Waals surface area contributed by atoms with Gasteiger partial charge in [0.25, 0.3) is 0 Å². The second-order valence-corrected chi connectivity index (χ2v) is 4.93. The maximum atomic E-state index is 11.9. The summed E-state index contributed by atoms with van der Waals surface area (Å²) in [5.74, 6) is -0.181. The third kappa shape index (κ3) is 1.39. The molecule has 2 bridgehead atoms. The van der Waals surface area contributed by atoms with Crippen molar-refractivity contribution in [2.24, 2.45) is 22.4 Å². The first kappa shape index (κ1) is 10.3. The van der Waals surface area contributed by atoms with Gasteiger partial charge in [0.2, 0.25) is 0 Å². The minimum Gasteiger partial charge on any atom is -0.318 e. The average molecular weight is 209 g/mol. The summed E-state index contributed by atoms with van der Waals surface area (Å²) in [6.45, 7) is 5.46. The second kappa shape index (κ2) is 3.15. The van der Waals surface area contributed by atoms with Crippen molar-refractivity contribution in [1.29, 1.82) is 0 Å². The Labute approximate surface area is 88.7 Å². The van der Waals surface area contributed by atoms with Crippen molar-refractivity contribution < 1.29 is 14.4 Å². The molecular formula is C11H15NO3. The minimum atomic E-state index is -0.476. The molecule has 0 spiro atoms. The fraction of sp³-hybridized carbons (Fsp3) is 0.727. The number of nitrogens with zero attached hydrogens (tertiary/aromatic N) is 1. The first-order valence-corrected chi connectivity index (χ1v) is 5.24. The molecule has 0 aromatic heterocycles. The SMILES string of the molecule is CC(=O)ON=C1C(=O)C2CCC1C2(C)C. The smallest absolute Gasteiger partial charge is 0.318 e. The van der Waals surface area contributed by atoms with Gasteiger partial charge in [0.05, 0.1) is 0 Å². The Bertz CT molecular complexity index is 357. The minimum absolute atomic E-state index is 0.0178. The van der Waals surface area contributed by atoms with Gasteiger partial charge in [-0.1, -0.05) is 19.0 Å². The lowest BCUT2D eigenvalue weighted by Gasteiger charge is -2.21. The zero-order chi connectivity index (χ0) is 11.2. The lowest BCUT2D eigenvalue weighted by Crippen LogP contribution is -2.22. The van der Waals surface area contributed by atoms with Gasteiger partial charge in [-0.25, -0.2) is 4.79 Å². The molecule has 2 aliphatic rings. The summed E-state index contributed by atoms with van der Waals surface area (Å²) in [5, 5.41) is 3.70. The third-order valence-electron chi connectivity index (χ3n) is 3.71. The van der Waals surface area contributed by atoms with E-state index in [-0.39, 0.29) is 23.0 Å². The summed E-state index contributed by atoms with van der Waals surface area (Å²) in [7, 11) is 0. The van der Waals surface area contributed by atoms with Crippen LogP contribution in [0.2, 0.25) is 0 Å². The normalized spacial score (nSPS) is 34.9. The molecule has 0 radical (unpaired) electrons. The van der Waals surface area contributed by atoms with Crippen LogP contribution in [0.1, 0.15) is 33.6 Å². The molecule has 0 aromatic rings. The molecule has 0 aromatic carbocycles. The summed E-state index contributed by atoms with van der Waals surface area (Å²) < 4.78 is 0. The van der Waals surface area contributed by atoms with Gasteiger partial charge in [-0.2, -0.15) is 0 Å². The summed E-state index contributed by atoms with van der Waals surface area (Å²) in [5.41, 5.74) is 0.447. The molecule has 0 amide bonds. The number of fused-ring (bicyclic) bond motifs is 2. The number of hydrogen-bond acceptors (Lipinski definition) is 4. The first-order valence-electron chi connectivity index (χ1n) is 5.24. The fourth-order valence-electron chi connectivity index (χ4n) is 2.85. The number of rotatable bonds is 1. The lowest BCUT2D eigenvalue weighted by atomic mass is 9.82. The molecule has 82 valence electrons. The predicted octanol–water partition coefficient (Wildman–Crippen LogP) is 1.54. The van der Waals surface area contributed by atoms with E-state index >= 15 is 0 Å². The van der Waals surface area contributed by atoms with Crippen molar-refractivity contribution in [1.82, 2.24) is 0 Å². The monoisotopic (exact) mass is 209 g/mol. The van der Waals surface area contributed by atoms with Crippen molar-refractivity contribution in [3.8, 4) is 0 Å². The molecular weight excluding hydrogens is 194 g/mol. The van der Waals surface area contributed by atoms with Crippen LogP contribution < -0.4 is 0 Å². The van der Waals surface area contributed by atoms with Gasteiger partial charge >= 0.3 is 5.97 Å². The molecule has 2 aliphatic carbocycles. The third-order valence-corrected chi connectivity index (χ3v) is 3.71. The van der Waals surface area contributed by atoms with Crippen LogP contribution in [0.15, 0.2) is 5.16 Å². The van der Waals surface area contributed by atoms with E-state index in [0.717, 1.165) is 12.8 Å². The van der Waals surface area contributed by atoms with Crippen LogP contribution in [0.25, 0.3) is 0 Å². The lowest BCUT2D eigenvalue weighted by molar-refractivity contribution is -0.141. The van der Waals surface area contributed by atoms with Crippen LogP contribution in [0.5, 0.6) is 0 Å². The van der Waals surface area contributed by atoms with Gasteiger partial charge in [0, 0.05) is 18.8 Å². The molecule has 4 heteroatoms. The maximum Gasteiger partial charge on any atom is 0.331 e. The van der Waals surface area contributed by atoms with Crippen molar-refractivity contribution in [3.05, 3.63) is 0 Å². The van der Waals surface area contributed by atoms with Crippen LogP contribution >= 0.6 is 0 Å². The number of carbonyl (C=O) groups is 2. The van der Waals surface area contributed by atoms with Crippen LogP contribution in [0.3, 0.4) is 0 Å². The number of Topliss-reactive ketones (excluding diaryl/α,β-unsaturated/α-hetero) is 1. The van der Waals surface area contributed by atoms with Gasteiger partial charge in [-0.05, 0) is 18.3 Å². The Hall–Kier alpha value is -1.19. The highest BCUT2D eigenvalue weighted by atomic mass is 16.7. The molecule has 0 aliphatic heterocycles. The van der Waals surface area contributed by atoms with E-state index < -0.39 is 5.97 Å². The average Bonchev–Trinajstić information content (AvgIpc) is 2.50. The summed E-state index contributed by atoms with van der Waals surface area (Å²) >= 11 is 0. The highest BCUT2D eigenvalue weighted by molar-refractivity contribution is 6.44. The Morgan fingerprint density at radius 1 is 1.40 bits per heavy atom. The van der Waals surface area contributed by atoms with Crippen molar-refractivity contribution in [2.45, 2.75) is 33.6 Å². The molecule has 0 N–H and O–H groups in total. The summed E-state index contributed by atoms with van der Waals surface area (Å²) in [4.78, 5) is 27.1. The summed E-state index contributed by atoms with van der Waals surface area (Å²) in [6, 6.07) is 0. The van der Waals surface area contributed by atoms with Crippen LogP contribution in [-0.4, -0.2) is 17.5 Å². The van der Waals surface area contributed by atoms with E-state index in [1.54, 1.807) is 0 Å². The van der Waals surface area contributed by atoms with Crippen molar-refractivity contribution >= 4 is 17.5 Å². The van der Waals surface area contributed by atoms with Gasteiger partial charge in [-0.3, -0.25) is 4.79 Å². The van der Waals surface area contributed by atoms with Gasteiger partial charge in [-0.15, -0.1) is 0 Å². The standard InChI is InChI=1S/C11H15NO3/c1-6(13)15-12-9-7-4-5-8(10(9)14)11(7,2)3/h7-8H,4-5H2,1-3H3. The Morgan fingerprint density at radius 2 is 2.00 bits per heavy atom. The number of ketones is 1. The zero-order valence-corrected chi connectivity index (χ0v) is 9.24. The maximum absolute atomic E-state index is 11.9. The highest BCUT2D eigenvalue weighted by Gasteiger charge is 2.57. The van der Waals surface area contributed by atoms with Crippen LogP contribution in [0, 0.1) is 17.3 Å². The van der Waals surface area contributed by atoms with Gasteiger partial charge in [0.1, 0.15) is 5.71 Å². The number of carbonyl (C=O) groups excluding carboxylic acids is 2. The molecule has 2 saturated carbocycles. The molecule has 4 nitrogen and oxygen atoms in total. The molecule has 2 unspecified atom stereocenters. The Balaban J connectivity index is 2.27. The van der Waals surface area contributed by atoms with Crippen LogP contribution in [-0.2, 0) is 14.4 Å². The van der Waals surface area contributed by atoms with E-state index in [1.807, 2.05) is 0 Å². The Morgan fingerprint density at radius 3 is 2.47 bits per heavy atom. The van der Waals surface area contributed by atoms with Gasteiger partial charge < -0.3 is 4.84 Å². The van der Waals surface area contributed by atoms with Crippen molar-refractivity contribution in [3.63, 3.8) is 0 Å². The van der Waals surface area contributed by atoms with E-state index in [2.05, 4.69) is 23.8 Å². The van der Waals surface area contributed by atoms with Crippen LogP contribution in [0.4, 0.5) is 0 Å². The quantitative estimate of drug-likeness (QED) is 0.486. The topological polar surface area (TPSA) is 55.7 Å². The second-order valence-electron chi connectivity index (χ2n) is 4.93. The predicted molar refractivity (Wildman–Crippen MR) is 54.2 cm³/mol. The molecule has 2 fully saturated rings. The van der Waals surface area contributed by atoms with E-state index in [9.17, 15) is 9.59 Å². The fourth-order valence-corrected chi connectivity index (χ4v) is 2.85. The molecule has 2 rings (SSSR count). The number of hydrogen-bond donors (Lipinski definition) is 0. The first-order chi connectivity index (χ1) is 6.94. The van der Waals surface area contributed by atoms with E-state index in [0.29, 0.717) is 5.71 Å². The molecule has 0 saturated heterocycles. The summed E-state index contributed by atoms with van der Waals surface area (Å²) in [6.07, 6.45) is 1.92. The molecule has 2 atom stereocenters. The zero-order valence-electron chi connectivity index (χ0n) is 9.24. The van der Waals surface area contributed by atoms with Gasteiger partial charge in [0.15, 0.2) is 5.78 Å². The highest BCUT2D eigenvalue weighted by Crippen LogP contribution is 2.54. The largest absolute Gasteiger partial charge is 0.331 e.